The van der Waals surface area contributed by atoms with E-state index in [9.17, 15) is 14.5 Å². The molecule has 1 aromatic rings. The number of nitrogens with two attached hydrogens (primary N) is 1. The molecule has 0 aliphatic rings. The maximum absolute atomic E-state index is 13.3. The molecule has 0 atom stereocenters. The minimum atomic E-state index is -0.573. The lowest BCUT2D eigenvalue weighted by molar-refractivity contribution is -0.384. The van der Waals surface area contributed by atoms with Gasteiger partial charge in [0.1, 0.15) is 11.5 Å². The third-order valence-corrected chi connectivity index (χ3v) is 2.56. The summed E-state index contributed by atoms with van der Waals surface area (Å²) in [5.74, 6) is -0.562. The first-order chi connectivity index (χ1) is 7.97. The summed E-state index contributed by atoms with van der Waals surface area (Å²) >= 11 is 0. The van der Waals surface area contributed by atoms with Crippen LogP contribution in [0.15, 0.2) is 12.1 Å². The summed E-state index contributed by atoms with van der Waals surface area (Å²) in [7, 11) is 1.73. The summed E-state index contributed by atoms with van der Waals surface area (Å²) in [6, 6.07) is 2.45. The van der Waals surface area contributed by atoms with Crippen molar-refractivity contribution in [1.29, 1.82) is 0 Å². The molecule has 0 aliphatic heterocycles. The van der Waals surface area contributed by atoms with Gasteiger partial charge >= 0.3 is 0 Å². The number of aryl methyl sites for hydroxylation is 1. The van der Waals surface area contributed by atoms with E-state index in [1.165, 1.54) is 6.07 Å². The first-order valence-electron chi connectivity index (χ1n) is 5.33. The van der Waals surface area contributed by atoms with Crippen LogP contribution in [0.3, 0.4) is 0 Å². The standard InChI is InChI=1S/C11H16FN3O2/c1-8-6-10(14(2)5-3-4-13)11(15(16)17)7-9(8)12/h6-7H,3-5,13H2,1-2H3. The molecule has 0 heterocycles. The molecule has 0 spiro atoms. The average molecular weight is 241 g/mol. The van der Waals surface area contributed by atoms with E-state index in [4.69, 9.17) is 5.73 Å². The first-order valence-corrected chi connectivity index (χ1v) is 5.33. The second kappa shape index (κ2) is 5.58. The zero-order valence-electron chi connectivity index (χ0n) is 9.94. The Labute approximate surface area is 99.2 Å². The van der Waals surface area contributed by atoms with E-state index in [2.05, 4.69) is 0 Å². The van der Waals surface area contributed by atoms with Gasteiger partial charge in [-0.05, 0) is 31.5 Å². The molecular weight excluding hydrogens is 225 g/mol. The summed E-state index contributed by atoms with van der Waals surface area (Å²) in [5, 5.41) is 10.9. The lowest BCUT2D eigenvalue weighted by Crippen LogP contribution is -2.22. The summed E-state index contributed by atoms with van der Waals surface area (Å²) in [5.41, 5.74) is 5.98. The Morgan fingerprint density at radius 2 is 2.18 bits per heavy atom. The third-order valence-electron chi connectivity index (χ3n) is 2.56. The maximum Gasteiger partial charge on any atom is 0.295 e. The summed E-state index contributed by atoms with van der Waals surface area (Å²) in [6.45, 7) is 2.69. The van der Waals surface area contributed by atoms with Crippen LogP contribution >= 0.6 is 0 Å². The Morgan fingerprint density at radius 1 is 1.53 bits per heavy atom. The van der Waals surface area contributed by atoms with Gasteiger partial charge in [-0.25, -0.2) is 4.39 Å². The van der Waals surface area contributed by atoms with Crippen molar-refractivity contribution in [3.05, 3.63) is 33.6 Å². The van der Waals surface area contributed by atoms with Crippen LogP contribution in [0.2, 0.25) is 0 Å². The molecule has 0 unspecified atom stereocenters. The quantitative estimate of drug-likeness (QED) is 0.630. The molecule has 6 heteroatoms. The topological polar surface area (TPSA) is 72.4 Å². The zero-order chi connectivity index (χ0) is 13.0. The highest BCUT2D eigenvalue weighted by Gasteiger charge is 2.19. The number of hydrogen-bond donors (Lipinski definition) is 1. The van der Waals surface area contributed by atoms with E-state index >= 15 is 0 Å². The van der Waals surface area contributed by atoms with Gasteiger partial charge in [0.05, 0.1) is 11.0 Å². The summed E-state index contributed by atoms with van der Waals surface area (Å²) < 4.78 is 13.3. The van der Waals surface area contributed by atoms with Crippen LogP contribution in [0.1, 0.15) is 12.0 Å². The molecule has 5 nitrogen and oxygen atoms in total. The molecule has 0 aliphatic carbocycles. The van der Waals surface area contributed by atoms with Gasteiger partial charge in [0.25, 0.3) is 5.69 Å². The lowest BCUT2D eigenvalue weighted by Gasteiger charge is -2.19. The summed E-state index contributed by atoms with van der Waals surface area (Å²) in [6.07, 6.45) is 0.726. The molecule has 0 radical (unpaired) electrons. The van der Waals surface area contributed by atoms with Crippen LogP contribution in [0, 0.1) is 22.9 Å². The molecular formula is C11H16FN3O2. The van der Waals surface area contributed by atoms with Crippen LogP contribution in [-0.4, -0.2) is 25.1 Å². The number of rotatable bonds is 5. The van der Waals surface area contributed by atoms with Crippen molar-refractivity contribution >= 4 is 11.4 Å². The number of halogens is 1. The molecule has 0 bridgehead atoms. The Morgan fingerprint density at radius 3 is 2.71 bits per heavy atom. The fraction of sp³-hybridized carbons (Fsp3) is 0.455. The van der Waals surface area contributed by atoms with Gasteiger partial charge in [-0.2, -0.15) is 0 Å². The number of nitro benzene ring substituents is 1. The van der Waals surface area contributed by atoms with Crippen molar-refractivity contribution in [3.8, 4) is 0 Å². The number of hydrogen-bond acceptors (Lipinski definition) is 4. The maximum atomic E-state index is 13.3. The fourth-order valence-electron chi connectivity index (χ4n) is 1.56. The normalized spacial score (nSPS) is 10.4. The van der Waals surface area contributed by atoms with Gasteiger partial charge in [0.2, 0.25) is 0 Å². The van der Waals surface area contributed by atoms with Gasteiger partial charge in [-0.1, -0.05) is 0 Å². The van der Waals surface area contributed by atoms with Crippen LogP contribution in [0.5, 0.6) is 0 Å². The smallest absolute Gasteiger partial charge is 0.295 e. The Hall–Kier alpha value is -1.69. The van der Waals surface area contributed by atoms with Crippen LogP contribution < -0.4 is 10.6 Å². The van der Waals surface area contributed by atoms with E-state index in [0.29, 0.717) is 24.3 Å². The number of nitro groups is 1. The summed E-state index contributed by atoms with van der Waals surface area (Å²) in [4.78, 5) is 12.0. The second-order valence-corrected chi connectivity index (χ2v) is 3.91. The number of benzene rings is 1. The number of nitrogens with zero attached hydrogens (tertiary/aromatic N) is 2. The second-order valence-electron chi connectivity index (χ2n) is 3.91. The van der Waals surface area contributed by atoms with Crippen molar-refractivity contribution in [2.24, 2.45) is 5.73 Å². The number of anilines is 1. The highest BCUT2D eigenvalue weighted by Crippen LogP contribution is 2.30. The van der Waals surface area contributed by atoms with Gasteiger partial charge in [-0.3, -0.25) is 10.1 Å². The van der Waals surface area contributed by atoms with Crippen LogP contribution in [-0.2, 0) is 0 Å². The molecule has 0 fully saturated rings. The minimum Gasteiger partial charge on any atom is -0.369 e. The first kappa shape index (κ1) is 13.4. The monoisotopic (exact) mass is 241 g/mol. The molecule has 94 valence electrons. The third kappa shape index (κ3) is 3.13. The highest BCUT2D eigenvalue weighted by molar-refractivity contribution is 5.64. The molecule has 1 rings (SSSR count). The lowest BCUT2D eigenvalue weighted by atomic mass is 10.1. The van der Waals surface area contributed by atoms with Gasteiger partial charge in [0, 0.05) is 13.6 Å². The van der Waals surface area contributed by atoms with E-state index in [1.807, 2.05) is 0 Å². The Balaban J connectivity index is 3.11. The van der Waals surface area contributed by atoms with Crippen molar-refractivity contribution in [2.75, 3.05) is 25.0 Å². The molecule has 0 saturated carbocycles. The fourth-order valence-corrected chi connectivity index (χ4v) is 1.56. The van der Waals surface area contributed by atoms with Gasteiger partial charge in [-0.15, -0.1) is 0 Å². The molecule has 17 heavy (non-hydrogen) atoms. The average Bonchev–Trinajstić information content (AvgIpc) is 2.28. The van der Waals surface area contributed by atoms with E-state index in [1.54, 1.807) is 18.9 Å². The molecule has 1 aromatic carbocycles. The molecule has 0 saturated heterocycles. The van der Waals surface area contributed by atoms with Crippen molar-refractivity contribution in [2.45, 2.75) is 13.3 Å². The predicted molar refractivity (Wildman–Crippen MR) is 64.7 cm³/mol. The van der Waals surface area contributed by atoms with Crippen molar-refractivity contribution in [1.82, 2.24) is 0 Å². The van der Waals surface area contributed by atoms with Crippen molar-refractivity contribution in [3.63, 3.8) is 0 Å². The van der Waals surface area contributed by atoms with Crippen molar-refractivity contribution < 1.29 is 9.31 Å². The van der Waals surface area contributed by atoms with Gasteiger partial charge < -0.3 is 10.6 Å². The van der Waals surface area contributed by atoms with Crippen LogP contribution in [0.4, 0.5) is 15.8 Å². The largest absolute Gasteiger partial charge is 0.369 e. The minimum absolute atomic E-state index is 0.215. The Bertz CT molecular complexity index is 423. The zero-order valence-corrected chi connectivity index (χ0v) is 9.94. The molecule has 0 aromatic heterocycles. The SMILES string of the molecule is Cc1cc(N(C)CCCN)c([N+](=O)[O-])cc1F. The highest BCUT2D eigenvalue weighted by atomic mass is 19.1. The van der Waals surface area contributed by atoms with Crippen LogP contribution in [0.25, 0.3) is 0 Å². The van der Waals surface area contributed by atoms with E-state index < -0.39 is 10.7 Å². The van der Waals surface area contributed by atoms with Gasteiger partial charge in [0.15, 0.2) is 0 Å². The Kier molecular flexibility index (Phi) is 4.39. The molecule has 0 amide bonds. The molecule has 2 N–H and O–H groups in total. The predicted octanol–water partition coefficient (Wildman–Crippen LogP) is 1.83. The van der Waals surface area contributed by atoms with E-state index in [0.717, 1.165) is 12.5 Å². The van der Waals surface area contributed by atoms with E-state index in [-0.39, 0.29) is 5.69 Å².